The van der Waals surface area contributed by atoms with E-state index in [1.54, 1.807) is 4.90 Å². The van der Waals surface area contributed by atoms with Crippen LogP contribution in [0.2, 0.25) is 0 Å². The zero-order chi connectivity index (χ0) is 27.2. The maximum absolute atomic E-state index is 14.5. The van der Waals surface area contributed by atoms with E-state index in [-0.39, 0.29) is 24.0 Å². The topological polar surface area (TPSA) is 79.7 Å². The van der Waals surface area contributed by atoms with Crippen molar-refractivity contribution in [2.75, 3.05) is 32.7 Å². The summed E-state index contributed by atoms with van der Waals surface area (Å²) in [6.07, 6.45) is 3.31. The summed E-state index contributed by atoms with van der Waals surface area (Å²) in [5.74, 6) is 0.0787. The van der Waals surface area contributed by atoms with Crippen molar-refractivity contribution in [3.05, 3.63) is 78.2 Å². The Labute approximate surface area is 230 Å². The maximum atomic E-state index is 14.5. The summed E-state index contributed by atoms with van der Waals surface area (Å²) in [6, 6.07) is 20.7. The summed E-state index contributed by atoms with van der Waals surface area (Å²) in [7, 11) is 0. The summed E-state index contributed by atoms with van der Waals surface area (Å²) in [4.78, 5) is 36.1. The van der Waals surface area contributed by atoms with E-state index in [0.717, 1.165) is 37.2 Å². The van der Waals surface area contributed by atoms with E-state index in [2.05, 4.69) is 22.0 Å². The van der Waals surface area contributed by atoms with Crippen LogP contribution in [0.4, 0.5) is 4.79 Å². The predicted octanol–water partition coefficient (Wildman–Crippen LogP) is 4.70. The molecule has 2 saturated heterocycles. The van der Waals surface area contributed by atoms with Crippen LogP contribution in [0.1, 0.15) is 61.6 Å². The van der Waals surface area contributed by atoms with E-state index < -0.39 is 11.1 Å². The molecule has 2 aromatic carbocycles. The van der Waals surface area contributed by atoms with Crippen LogP contribution in [0.3, 0.4) is 0 Å². The van der Waals surface area contributed by atoms with Crippen molar-refractivity contribution in [1.82, 2.24) is 24.7 Å². The van der Waals surface area contributed by atoms with E-state index in [1.807, 2.05) is 80.5 Å². The average molecular weight is 528 g/mol. The molecule has 6 rings (SSSR count). The van der Waals surface area contributed by atoms with Gasteiger partial charge in [0.2, 0.25) is 0 Å². The summed E-state index contributed by atoms with van der Waals surface area (Å²) < 4.78 is 7.89. The predicted molar refractivity (Wildman–Crippen MR) is 150 cm³/mol. The average Bonchev–Trinajstić information content (AvgIpc) is 3.28. The van der Waals surface area contributed by atoms with Gasteiger partial charge < -0.3 is 24.4 Å². The molecule has 2 aliphatic heterocycles. The molecule has 1 spiro atoms. The number of benzene rings is 2. The SMILES string of the molecule is CC(C)(C)OC(=O)N1CCN(C(=O)c2ncn([C@@H]3CCNC3)c2-c2ccccc2)C2(C[C@@H]2c2ccccc2)C1. The largest absolute Gasteiger partial charge is 0.444 e. The zero-order valence-electron chi connectivity index (χ0n) is 23.0. The Bertz CT molecular complexity index is 1340. The normalized spacial score (nSPS) is 24.7. The molecule has 0 radical (unpaired) electrons. The number of rotatable bonds is 4. The first kappa shape index (κ1) is 25.6. The second-order valence-electron chi connectivity index (χ2n) is 12.0. The quantitative estimate of drug-likeness (QED) is 0.532. The Hall–Kier alpha value is -3.65. The van der Waals surface area contributed by atoms with E-state index >= 15 is 0 Å². The van der Waals surface area contributed by atoms with Crippen molar-refractivity contribution in [1.29, 1.82) is 0 Å². The number of aromatic nitrogens is 2. The van der Waals surface area contributed by atoms with Gasteiger partial charge in [0.1, 0.15) is 5.60 Å². The number of imidazole rings is 1. The van der Waals surface area contributed by atoms with Gasteiger partial charge >= 0.3 is 6.09 Å². The van der Waals surface area contributed by atoms with Gasteiger partial charge in [0.05, 0.1) is 17.6 Å². The summed E-state index contributed by atoms with van der Waals surface area (Å²) in [6.45, 7) is 8.77. The van der Waals surface area contributed by atoms with Crippen LogP contribution in [0.15, 0.2) is 67.0 Å². The summed E-state index contributed by atoms with van der Waals surface area (Å²) in [5.41, 5.74) is 2.47. The number of nitrogens with one attached hydrogen (secondary N) is 1. The summed E-state index contributed by atoms with van der Waals surface area (Å²) in [5, 5.41) is 3.44. The molecule has 3 heterocycles. The van der Waals surface area contributed by atoms with Gasteiger partial charge in [0.25, 0.3) is 5.91 Å². The van der Waals surface area contributed by atoms with Crippen molar-refractivity contribution >= 4 is 12.0 Å². The van der Waals surface area contributed by atoms with Crippen molar-refractivity contribution in [3.8, 4) is 11.3 Å². The van der Waals surface area contributed by atoms with Gasteiger partial charge in [-0.3, -0.25) is 4.79 Å². The fourth-order valence-electron chi connectivity index (χ4n) is 6.29. The van der Waals surface area contributed by atoms with Crippen LogP contribution in [0, 0.1) is 0 Å². The molecular weight excluding hydrogens is 490 g/mol. The number of piperazine rings is 1. The molecule has 1 aliphatic carbocycles. The van der Waals surface area contributed by atoms with Crippen LogP contribution >= 0.6 is 0 Å². The van der Waals surface area contributed by atoms with E-state index in [1.165, 1.54) is 5.56 Å². The van der Waals surface area contributed by atoms with Crippen LogP contribution < -0.4 is 5.32 Å². The number of hydrogen-bond acceptors (Lipinski definition) is 5. The molecule has 2 amide bonds. The van der Waals surface area contributed by atoms with Gasteiger partial charge in [0, 0.05) is 43.7 Å². The number of hydrogen-bond donors (Lipinski definition) is 1. The third kappa shape index (κ3) is 4.82. The van der Waals surface area contributed by atoms with Crippen LogP contribution in [0.5, 0.6) is 0 Å². The van der Waals surface area contributed by atoms with Crippen molar-refractivity contribution in [3.63, 3.8) is 0 Å². The highest BCUT2D eigenvalue weighted by Crippen LogP contribution is 2.57. The molecule has 1 unspecified atom stereocenters. The Morgan fingerprint density at radius 1 is 1.03 bits per heavy atom. The van der Waals surface area contributed by atoms with Crippen LogP contribution in [-0.4, -0.2) is 75.2 Å². The minimum absolute atomic E-state index is 0.0687. The molecule has 3 aliphatic rings. The molecule has 204 valence electrons. The minimum Gasteiger partial charge on any atom is -0.444 e. The minimum atomic E-state index is -0.577. The molecule has 8 nitrogen and oxygen atoms in total. The molecule has 1 saturated carbocycles. The molecule has 3 aromatic rings. The Morgan fingerprint density at radius 2 is 1.74 bits per heavy atom. The van der Waals surface area contributed by atoms with Gasteiger partial charge in [-0.2, -0.15) is 0 Å². The number of carbonyl (C=O) groups excluding carboxylic acids is 2. The van der Waals surface area contributed by atoms with Gasteiger partial charge in [0.15, 0.2) is 5.69 Å². The Balaban J connectivity index is 1.36. The first-order valence-electron chi connectivity index (χ1n) is 13.9. The standard InChI is InChI=1S/C31H37N5O3/c1-30(2,3)39-29(38)34-16-17-36(31(20-34)18-25(31)22-10-6-4-7-11-22)28(37)26-27(23-12-8-5-9-13-23)35(21-33-26)24-14-15-32-19-24/h4-13,21,24-25,32H,14-20H2,1-3H3/t24-,25-,31?/m1/s1. The van der Waals surface area contributed by atoms with Crippen molar-refractivity contribution < 1.29 is 14.3 Å². The Kier molecular flexibility index (Phi) is 6.46. The van der Waals surface area contributed by atoms with Crippen molar-refractivity contribution in [2.24, 2.45) is 0 Å². The first-order chi connectivity index (χ1) is 18.8. The lowest BCUT2D eigenvalue weighted by atomic mass is 10.0. The van der Waals surface area contributed by atoms with Crippen molar-refractivity contribution in [2.45, 2.75) is 56.7 Å². The van der Waals surface area contributed by atoms with Crippen LogP contribution in [0.25, 0.3) is 11.3 Å². The highest BCUT2D eigenvalue weighted by molar-refractivity contribution is 5.99. The van der Waals surface area contributed by atoms with E-state index in [0.29, 0.717) is 25.3 Å². The first-order valence-corrected chi connectivity index (χ1v) is 13.9. The highest BCUT2D eigenvalue weighted by Gasteiger charge is 2.63. The Morgan fingerprint density at radius 3 is 2.41 bits per heavy atom. The number of carbonyl (C=O) groups is 2. The third-order valence-electron chi connectivity index (χ3n) is 8.21. The summed E-state index contributed by atoms with van der Waals surface area (Å²) >= 11 is 0. The third-order valence-corrected chi connectivity index (χ3v) is 8.21. The lowest BCUT2D eigenvalue weighted by molar-refractivity contribution is -0.000359. The number of ether oxygens (including phenoxy) is 1. The monoisotopic (exact) mass is 527 g/mol. The second kappa shape index (κ2) is 9.83. The van der Waals surface area contributed by atoms with E-state index in [4.69, 9.17) is 9.72 Å². The molecule has 1 aromatic heterocycles. The zero-order valence-corrected chi connectivity index (χ0v) is 23.0. The molecule has 1 N–H and O–H groups in total. The molecular formula is C31H37N5O3. The lowest BCUT2D eigenvalue weighted by Crippen LogP contribution is -2.59. The van der Waals surface area contributed by atoms with E-state index in [9.17, 15) is 9.59 Å². The fraction of sp³-hybridized carbons (Fsp3) is 0.452. The molecule has 0 bridgehead atoms. The smallest absolute Gasteiger partial charge is 0.410 e. The molecule has 8 heteroatoms. The molecule has 3 fully saturated rings. The lowest BCUT2D eigenvalue weighted by Gasteiger charge is -2.43. The maximum Gasteiger partial charge on any atom is 0.410 e. The van der Waals surface area contributed by atoms with Gasteiger partial charge in [-0.05, 0) is 45.7 Å². The van der Waals surface area contributed by atoms with Gasteiger partial charge in [-0.1, -0.05) is 60.7 Å². The number of amides is 2. The second-order valence-corrected chi connectivity index (χ2v) is 12.0. The molecule has 39 heavy (non-hydrogen) atoms. The van der Waals surface area contributed by atoms with Gasteiger partial charge in [-0.15, -0.1) is 0 Å². The van der Waals surface area contributed by atoms with Crippen LogP contribution in [-0.2, 0) is 4.74 Å². The number of nitrogens with zero attached hydrogens (tertiary/aromatic N) is 4. The highest BCUT2D eigenvalue weighted by atomic mass is 16.6. The fourth-order valence-corrected chi connectivity index (χ4v) is 6.29. The van der Waals surface area contributed by atoms with Gasteiger partial charge in [-0.25, -0.2) is 9.78 Å². The molecule has 3 atom stereocenters.